The molecule has 2 unspecified atom stereocenters. The van der Waals surface area contributed by atoms with E-state index in [-0.39, 0.29) is 4.90 Å². The Labute approximate surface area is 114 Å². The second-order valence-electron chi connectivity index (χ2n) is 5.12. The van der Waals surface area contributed by atoms with E-state index in [0.29, 0.717) is 25.0 Å². The summed E-state index contributed by atoms with van der Waals surface area (Å²) in [6.45, 7) is 6.36. The van der Waals surface area contributed by atoms with Crippen molar-refractivity contribution in [2.24, 2.45) is 5.92 Å². The van der Waals surface area contributed by atoms with Gasteiger partial charge >= 0.3 is 0 Å². The maximum atomic E-state index is 12.4. The van der Waals surface area contributed by atoms with Crippen molar-refractivity contribution < 1.29 is 8.42 Å². The summed E-state index contributed by atoms with van der Waals surface area (Å²) in [5.41, 5.74) is 0. The van der Waals surface area contributed by atoms with Crippen molar-refractivity contribution in [3.63, 3.8) is 0 Å². The zero-order valence-corrected chi connectivity index (χ0v) is 12.3. The van der Waals surface area contributed by atoms with Crippen molar-refractivity contribution >= 4 is 10.0 Å². The molecule has 1 aromatic rings. The molecular weight excluding hydrogens is 264 g/mol. The Morgan fingerprint density at radius 1 is 1.58 bits per heavy atom. The number of nitrogens with zero attached hydrogens (tertiary/aromatic N) is 2. The second-order valence-corrected chi connectivity index (χ2v) is 7.06. The molecule has 0 radical (unpaired) electrons. The minimum Gasteiger partial charge on any atom is -0.314 e. The molecule has 7 heteroatoms. The topological polar surface area (TPSA) is 78.1 Å². The normalized spacial score (nSPS) is 25.6. The van der Waals surface area contributed by atoms with Gasteiger partial charge in [-0.2, -0.15) is 9.40 Å². The first-order valence-corrected chi connectivity index (χ1v) is 8.22. The summed E-state index contributed by atoms with van der Waals surface area (Å²) in [4.78, 5) is 0.250. The maximum Gasteiger partial charge on any atom is 0.246 e. The van der Waals surface area contributed by atoms with E-state index in [2.05, 4.69) is 29.4 Å². The molecule has 1 aliphatic rings. The molecule has 0 saturated carbocycles. The van der Waals surface area contributed by atoms with Gasteiger partial charge in [0.2, 0.25) is 10.0 Å². The van der Waals surface area contributed by atoms with Gasteiger partial charge in [0.15, 0.2) is 0 Å². The average Bonchev–Trinajstić information content (AvgIpc) is 2.91. The van der Waals surface area contributed by atoms with Crippen LogP contribution in [0.5, 0.6) is 0 Å². The largest absolute Gasteiger partial charge is 0.314 e. The highest BCUT2D eigenvalue weighted by molar-refractivity contribution is 7.89. The first kappa shape index (κ1) is 14.5. The average molecular weight is 286 g/mol. The number of sulfonamides is 1. The van der Waals surface area contributed by atoms with Crippen molar-refractivity contribution in [1.29, 1.82) is 0 Å². The summed E-state index contributed by atoms with van der Waals surface area (Å²) in [5, 5.41) is 9.76. The molecule has 1 fully saturated rings. The number of piperidine rings is 1. The number of aromatic nitrogens is 2. The van der Waals surface area contributed by atoms with Crippen LogP contribution in [-0.2, 0) is 10.0 Å². The molecule has 2 heterocycles. The lowest BCUT2D eigenvalue weighted by atomic mass is 9.95. The first-order valence-electron chi connectivity index (χ1n) is 6.78. The van der Waals surface area contributed by atoms with Gasteiger partial charge in [-0.25, -0.2) is 8.42 Å². The number of hydrogen-bond donors (Lipinski definition) is 2. The van der Waals surface area contributed by atoms with Gasteiger partial charge < -0.3 is 5.32 Å². The molecule has 19 heavy (non-hydrogen) atoms. The van der Waals surface area contributed by atoms with Crippen LogP contribution in [0.4, 0.5) is 0 Å². The summed E-state index contributed by atoms with van der Waals surface area (Å²) in [6, 6.07) is 0.413. The monoisotopic (exact) mass is 286 g/mol. The Kier molecular flexibility index (Phi) is 4.59. The van der Waals surface area contributed by atoms with Gasteiger partial charge in [0.1, 0.15) is 4.90 Å². The van der Waals surface area contributed by atoms with Crippen LogP contribution in [0.3, 0.4) is 0 Å². The summed E-state index contributed by atoms with van der Waals surface area (Å²) in [5.74, 6) is 0.321. The highest BCUT2D eigenvalue weighted by Crippen LogP contribution is 2.23. The Bertz CT molecular complexity index is 486. The molecule has 0 aromatic carbocycles. The highest BCUT2D eigenvalue weighted by atomic mass is 32.2. The van der Waals surface area contributed by atoms with Crippen LogP contribution in [0.15, 0.2) is 17.3 Å². The lowest BCUT2D eigenvalue weighted by Gasteiger charge is -2.36. The van der Waals surface area contributed by atoms with Crippen LogP contribution < -0.4 is 5.32 Å². The van der Waals surface area contributed by atoms with Crippen LogP contribution >= 0.6 is 0 Å². The highest BCUT2D eigenvalue weighted by Gasteiger charge is 2.33. The summed E-state index contributed by atoms with van der Waals surface area (Å²) >= 11 is 0. The Morgan fingerprint density at radius 3 is 2.95 bits per heavy atom. The third-order valence-corrected chi connectivity index (χ3v) is 5.47. The molecule has 1 saturated heterocycles. The molecule has 2 rings (SSSR count). The minimum absolute atomic E-state index is 0.250. The lowest BCUT2D eigenvalue weighted by molar-refractivity contribution is 0.220. The van der Waals surface area contributed by atoms with Crippen molar-refractivity contribution in [3.05, 3.63) is 12.4 Å². The molecule has 6 nitrogen and oxygen atoms in total. The molecule has 1 aromatic heterocycles. The van der Waals surface area contributed by atoms with Crippen LogP contribution in [0.1, 0.15) is 26.7 Å². The van der Waals surface area contributed by atoms with E-state index >= 15 is 0 Å². The molecule has 0 amide bonds. The SMILES string of the molecule is CCCNC1CCN(S(=O)(=O)c2cn[nH]c2)CC1C. The smallest absolute Gasteiger partial charge is 0.246 e. The van der Waals surface area contributed by atoms with E-state index in [1.807, 2.05) is 0 Å². The first-order chi connectivity index (χ1) is 9.05. The number of hydrogen-bond acceptors (Lipinski definition) is 4. The zero-order chi connectivity index (χ0) is 13.9. The fourth-order valence-electron chi connectivity index (χ4n) is 2.49. The third kappa shape index (κ3) is 3.16. The van der Waals surface area contributed by atoms with Crippen molar-refractivity contribution in [2.75, 3.05) is 19.6 Å². The fraction of sp³-hybridized carbons (Fsp3) is 0.750. The van der Waals surface area contributed by atoms with E-state index in [9.17, 15) is 8.42 Å². The predicted octanol–water partition coefficient (Wildman–Crippen LogP) is 0.808. The Hall–Kier alpha value is -0.920. The van der Waals surface area contributed by atoms with Gasteiger partial charge in [-0.1, -0.05) is 13.8 Å². The van der Waals surface area contributed by atoms with Gasteiger partial charge in [0, 0.05) is 25.3 Å². The summed E-state index contributed by atoms with van der Waals surface area (Å²) < 4.78 is 26.3. The molecule has 108 valence electrons. The summed E-state index contributed by atoms with van der Waals surface area (Å²) in [7, 11) is -3.38. The van der Waals surface area contributed by atoms with Crippen LogP contribution in [-0.4, -0.2) is 48.6 Å². The fourth-order valence-corrected chi connectivity index (χ4v) is 3.95. The quantitative estimate of drug-likeness (QED) is 0.839. The van der Waals surface area contributed by atoms with E-state index in [4.69, 9.17) is 0 Å². The standard InChI is InChI=1S/C12H22N4O2S/c1-3-5-13-12-4-6-16(9-10(12)2)19(17,18)11-7-14-15-8-11/h7-8,10,12-13H,3-6,9H2,1-2H3,(H,14,15). The Balaban J connectivity index is 2.02. The van der Waals surface area contributed by atoms with Crippen LogP contribution in [0.2, 0.25) is 0 Å². The number of aromatic amines is 1. The minimum atomic E-state index is -3.38. The van der Waals surface area contributed by atoms with Crippen LogP contribution in [0.25, 0.3) is 0 Å². The third-order valence-electron chi connectivity index (χ3n) is 3.64. The molecule has 0 bridgehead atoms. The van der Waals surface area contributed by atoms with Gasteiger partial charge in [-0.3, -0.25) is 5.10 Å². The molecule has 1 aliphatic heterocycles. The van der Waals surface area contributed by atoms with Crippen molar-refractivity contribution in [1.82, 2.24) is 19.8 Å². The predicted molar refractivity (Wildman–Crippen MR) is 73.2 cm³/mol. The Morgan fingerprint density at radius 2 is 2.37 bits per heavy atom. The lowest BCUT2D eigenvalue weighted by Crippen LogP contribution is -2.50. The van der Waals surface area contributed by atoms with Gasteiger partial charge in [0.05, 0.1) is 6.20 Å². The molecule has 2 atom stereocenters. The van der Waals surface area contributed by atoms with E-state index in [1.165, 1.54) is 12.4 Å². The van der Waals surface area contributed by atoms with E-state index in [1.54, 1.807) is 4.31 Å². The zero-order valence-electron chi connectivity index (χ0n) is 11.5. The van der Waals surface area contributed by atoms with Gasteiger partial charge in [-0.15, -0.1) is 0 Å². The number of H-pyrrole nitrogens is 1. The van der Waals surface area contributed by atoms with Crippen LogP contribution in [0, 0.1) is 5.92 Å². The molecule has 0 spiro atoms. The maximum absolute atomic E-state index is 12.4. The molecule has 0 aliphatic carbocycles. The summed E-state index contributed by atoms with van der Waals surface area (Å²) in [6.07, 6.45) is 4.75. The number of rotatable bonds is 5. The van der Waals surface area contributed by atoms with E-state index in [0.717, 1.165) is 19.4 Å². The number of nitrogens with one attached hydrogen (secondary N) is 2. The molecule has 2 N–H and O–H groups in total. The van der Waals surface area contributed by atoms with Crippen molar-refractivity contribution in [2.45, 2.75) is 37.6 Å². The second kappa shape index (κ2) is 6.02. The van der Waals surface area contributed by atoms with Gasteiger partial charge in [-0.05, 0) is 25.3 Å². The molecular formula is C12H22N4O2S. The van der Waals surface area contributed by atoms with E-state index < -0.39 is 10.0 Å². The van der Waals surface area contributed by atoms with Crippen molar-refractivity contribution in [3.8, 4) is 0 Å². The van der Waals surface area contributed by atoms with Gasteiger partial charge in [0.25, 0.3) is 0 Å².